The third kappa shape index (κ3) is 6.11. The Morgan fingerprint density at radius 1 is 1.44 bits per heavy atom. The predicted molar refractivity (Wildman–Crippen MR) is 70.6 cm³/mol. The van der Waals surface area contributed by atoms with Crippen molar-refractivity contribution in [2.24, 2.45) is 5.41 Å². The second-order valence-electron chi connectivity index (χ2n) is 4.14. The molecule has 0 heterocycles. The molecule has 16 heavy (non-hydrogen) atoms. The molecule has 0 rings (SSSR count). The second-order valence-corrected chi connectivity index (χ2v) is 5.29. The maximum atomic E-state index is 11.3. The molecule has 0 aliphatic rings. The molecular formula is C13H22O2S. The van der Waals surface area contributed by atoms with Crippen molar-refractivity contribution in [3.05, 3.63) is 12.2 Å². The van der Waals surface area contributed by atoms with E-state index in [-0.39, 0.29) is 10.5 Å². The first-order valence-corrected chi connectivity index (χ1v) is 6.79. The van der Waals surface area contributed by atoms with E-state index in [2.05, 4.69) is 6.92 Å². The standard InChI is InChI=1S/C13H22O2S/c1-4-6-8-13(10-14,9-7-5-2)11-16-12(3)15/h4,6,10H,5,7-9,11H2,1-3H3/b6-4+. The van der Waals surface area contributed by atoms with Crippen LogP contribution in [-0.2, 0) is 9.59 Å². The molecule has 2 nitrogen and oxygen atoms in total. The van der Waals surface area contributed by atoms with E-state index in [0.29, 0.717) is 5.75 Å². The van der Waals surface area contributed by atoms with Crippen molar-refractivity contribution in [2.45, 2.75) is 46.5 Å². The Bertz CT molecular complexity index is 248. The van der Waals surface area contributed by atoms with E-state index >= 15 is 0 Å². The molecule has 0 saturated carbocycles. The van der Waals surface area contributed by atoms with Gasteiger partial charge in [0.1, 0.15) is 6.29 Å². The molecule has 0 aromatic rings. The number of thioether (sulfide) groups is 1. The maximum Gasteiger partial charge on any atom is 0.185 e. The van der Waals surface area contributed by atoms with Crippen LogP contribution in [0.1, 0.15) is 46.5 Å². The van der Waals surface area contributed by atoms with Crippen LogP contribution in [0.15, 0.2) is 12.2 Å². The van der Waals surface area contributed by atoms with Crippen LogP contribution in [0.3, 0.4) is 0 Å². The average Bonchev–Trinajstić information content (AvgIpc) is 2.29. The lowest BCUT2D eigenvalue weighted by Gasteiger charge is -2.25. The van der Waals surface area contributed by atoms with Crippen molar-refractivity contribution in [2.75, 3.05) is 5.75 Å². The van der Waals surface area contributed by atoms with Gasteiger partial charge in [-0.2, -0.15) is 0 Å². The molecule has 0 amide bonds. The SMILES string of the molecule is C/C=C/CC(C=O)(CCCC)CSC(C)=O. The third-order valence-electron chi connectivity index (χ3n) is 2.60. The third-order valence-corrected chi connectivity index (χ3v) is 3.73. The van der Waals surface area contributed by atoms with Crippen LogP contribution in [-0.4, -0.2) is 17.2 Å². The van der Waals surface area contributed by atoms with Gasteiger partial charge in [0.25, 0.3) is 0 Å². The van der Waals surface area contributed by atoms with Crippen molar-refractivity contribution in [3.8, 4) is 0 Å². The van der Waals surface area contributed by atoms with Gasteiger partial charge in [0, 0.05) is 18.1 Å². The molecule has 0 spiro atoms. The lowest BCUT2D eigenvalue weighted by Crippen LogP contribution is -2.25. The molecule has 0 radical (unpaired) electrons. The lowest BCUT2D eigenvalue weighted by atomic mass is 9.83. The molecule has 0 bridgehead atoms. The summed E-state index contributed by atoms with van der Waals surface area (Å²) in [5, 5.41) is 0.0863. The monoisotopic (exact) mass is 242 g/mol. The Balaban J connectivity index is 4.51. The largest absolute Gasteiger partial charge is 0.303 e. The summed E-state index contributed by atoms with van der Waals surface area (Å²) in [5.74, 6) is 0.607. The van der Waals surface area contributed by atoms with Crippen LogP contribution in [0.5, 0.6) is 0 Å². The van der Waals surface area contributed by atoms with E-state index < -0.39 is 0 Å². The summed E-state index contributed by atoms with van der Waals surface area (Å²) in [6.45, 7) is 5.62. The van der Waals surface area contributed by atoms with Crippen LogP contribution in [0.4, 0.5) is 0 Å². The molecule has 0 fully saturated rings. The van der Waals surface area contributed by atoms with E-state index in [1.165, 1.54) is 11.8 Å². The number of unbranched alkanes of at least 4 members (excludes halogenated alkanes) is 1. The number of allylic oxidation sites excluding steroid dienone is 2. The van der Waals surface area contributed by atoms with Crippen molar-refractivity contribution < 1.29 is 9.59 Å². The van der Waals surface area contributed by atoms with Gasteiger partial charge in [0.2, 0.25) is 0 Å². The Morgan fingerprint density at radius 2 is 2.12 bits per heavy atom. The predicted octanol–water partition coefficient (Wildman–Crippen LogP) is 3.61. The zero-order valence-corrected chi connectivity index (χ0v) is 11.3. The van der Waals surface area contributed by atoms with Gasteiger partial charge >= 0.3 is 0 Å². The van der Waals surface area contributed by atoms with Crippen LogP contribution in [0.2, 0.25) is 0 Å². The number of carbonyl (C=O) groups is 2. The quantitative estimate of drug-likeness (QED) is 0.481. The minimum absolute atomic E-state index is 0.0863. The first-order valence-electron chi connectivity index (χ1n) is 5.81. The van der Waals surface area contributed by atoms with Crippen LogP contribution < -0.4 is 0 Å². The highest BCUT2D eigenvalue weighted by Gasteiger charge is 2.28. The van der Waals surface area contributed by atoms with Crippen molar-refractivity contribution in [3.63, 3.8) is 0 Å². The minimum atomic E-state index is -0.348. The molecular weight excluding hydrogens is 220 g/mol. The van der Waals surface area contributed by atoms with Gasteiger partial charge in [0.15, 0.2) is 5.12 Å². The first kappa shape index (κ1) is 15.4. The van der Waals surface area contributed by atoms with E-state index in [4.69, 9.17) is 0 Å². The van der Waals surface area contributed by atoms with Gasteiger partial charge in [0.05, 0.1) is 0 Å². The molecule has 0 N–H and O–H groups in total. The maximum absolute atomic E-state index is 11.3. The van der Waals surface area contributed by atoms with E-state index in [9.17, 15) is 9.59 Å². The molecule has 1 unspecified atom stereocenters. The molecule has 92 valence electrons. The van der Waals surface area contributed by atoms with Gasteiger partial charge in [-0.15, -0.1) is 0 Å². The summed E-state index contributed by atoms with van der Waals surface area (Å²) in [4.78, 5) is 22.3. The average molecular weight is 242 g/mol. The molecule has 0 aromatic heterocycles. The van der Waals surface area contributed by atoms with Crippen molar-refractivity contribution in [1.82, 2.24) is 0 Å². The molecule has 3 heteroatoms. The fraction of sp³-hybridized carbons (Fsp3) is 0.692. The van der Waals surface area contributed by atoms with E-state index in [0.717, 1.165) is 32.0 Å². The van der Waals surface area contributed by atoms with Gasteiger partial charge in [-0.25, -0.2) is 0 Å². The van der Waals surface area contributed by atoms with E-state index in [1.807, 2.05) is 19.1 Å². The Morgan fingerprint density at radius 3 is 2.56 bits per heavy atom. The number of hydrogen-bond donors (Lipinski definition) is 0. The number of rotatable bonds is 8. The second kappa shape index (κ2) is 8.57. The molecule has 0 aliphatic carbocycles. The van der Waals surface area contributed by atoms with E-state index in [1.54, 1.807) is 6.92 Å². The normalized spacial score (nSPS) is 14.9. The van der Waals surface area contributed by atoms with Gasteiger partial charge in [-0.05, 0) is 19.8 Å². The highest BCUT2D eigenvalue weighted by Crippen LogP contribution is 2.31. The summed E-state index contributed by atoms with van der Waals surface area (Å²) in [6, 6.07) is 0. The zero-order valence-electron chi connectivity index (χ0n) is 10.5. The summed E-state index contributed by atoms with van der Waals surface area (Å²) < 4.78 is 0. The Labute approximate surface area is 103 Å². The smallest absolute Gasteiger partial charge is 0.185 e. The summed E-state index contributed by atoms with van der Waals surface area (Å²) in [7, 11) is 0. The van der Waals surface area contributed by atoms with Crippen molar-refractivity contribution in [1.29, 1.82) is 0 Å². The number of hydrogen-bond acceptors (Lipinski definition) is 3. The lowest BCUT2D eigenvalue weighted by molar-refractivity contribution is -0.115. The van der Waals surface area contributed by atoms with Crippen LogP contribution in [0.25, 0.3) is 0 Å². The van der Waals surface area contributed by atoms with Gasteiger partial charge < -0.3 is 4.79 Å². The summed E-state index contributed by atoms with van der Waals surface area (Å²) in [5.41, 5.74) is -0.348. The minimum Gasteiger partial charge on any atom is -0.303 e. The fourth-order valence-electron chi connectivity index (χ4n) is 1.50. The summed E-state index contributed by atoms with van der Waals surface area (Å²) in [6.07, 6.45) is 8.75. The Hall–Kier alpha value is -0.570. The van der Waals surface area contributed by atoms with Gasteiger partial charge in [-0.1, -0.05) is 43.7 Å². The highest BCUT2D eigenvalue weighted by atomic mass is 32.2. The van der Waals surface area contributed by atoms with Crippen LogP contribution >= 0.6 is 11.8 Å². The summed E-state index contributed by atoms with van der Waals surface area (Å²) >= 11 is 1.26. The van der Waals surface area contributed by atoms with Crippen molar-refractivity contribution >= 4 is 23.2 Å². The highest BCUT2D eigenvalue weighted by molar-refractivity contribution is 8.13. The van der Waals surface area contributed by atoms with Gasteiger partial charge in [-0.3, -0.25) is 4.79 Å². The molecule has 1 atom stereocenters. The molecule has 0 saturated heterocycles. The zero-order chi connectivity index (χ0) is 12.4. The fourth-order valence-corrected chi connectivity index (χ4v) is 2.32. The first-order chi connectivity index (χ1) is 7.60. The number of carbonyl (C=O) groups excluding carboxylic acids is 2. The van der Waals surface area contributed by atoms with Crippen LogP contribution in [0, 0.1) is 5.41 Å². The molecule has 0 aromatic carbocycles. The topological polar surface area (TPSA) is 34.1 Å². The number of aldehydes is 1. The Kier molecular flexibility index (Phi) is 8.26. The molecule has 0 aliphatic heterocycles.